The molecule has 1 fully saturated rings. The third-order valence-corrected chi connectivity index (χ3v) is 5.21. The first-order chi connectivity index (χ1) is 12.8. The minimum Gasteiger partial charge on any atom is -0.474 e. The number of aromatic nitrogens is 5. The molecule has 2 atom stereocenters. The average molecular weight is 368 g/mol. The van der Waals surface area contributed by atoms with Crippen molar-refractivity contribution in [1.82, 2.24) is 29.9 Å². The topological polar surface area (TPSA) is 69.8 Å². The van der Waals surface area contributed by atoms with Gasteiger partial charge in [-0.05, 0) is 46.7 Å². The molecule has 4 heterocycles. The first kappa shape index (κ1) is 18.0. The SMILES string of the molecule is C[C@@H](Oc1nc(-c2cnn(C(C)(C)C)c2)cc2nn(C)cc12)[C@@H]1CCNC1. The molecule has 27 heavy (non-hydrogen) atoms. The number of hydrogen-bond acceptors (Lipinski definition) is 5. The number of fused-ring (bicyclic) bond motifs is 1. The zero-order valence-corrected chi connectivity index (χ0v) is 16.7. The standard InChI is InChI=1S/C20H28N6O/c1-13(14-6-7-21-9-14)27-19-16-12-25(5)24-18(16)8-17(23-19)15-10-22-26(11-15)20(2,3)4/h8,10-14,21H,6-7,9H2,1-5H3/t13-,14-/m1/s1. The maximum atomic E-state index is 6.33. The Hall–Kier alpha value is -2.41. The van der Waals surface area contributed by atoms with E-state index in [0.717, 1.165) is 41.7 Å². The quantitative estimate of drug-likeness (QED) is 0.767. The fourth-order valence-electron chi connectivity index (χ4n) is 3.52. The van der Waals surface area contributed by atoms with Crippen LogP contribution in [-0.2, 0) is 12.6 Å². The van der Waals surface area contributed by atoms with Crippen molar-refractivity contribution in [3.8, 4) is 17.1 Å². The van der Waals surface area contributed by atoms with Crippen molar-refractivity contribution in [2.45, 2.75) is 45.8 Å². The molecule has 1 saturated heterocycles. The summed E-state index contributed by atoms with van der Waals surface area (Å²) < 4.78 is 10.1. The van der Waals surface area contributed by atoms with Crippen LogP contribution >= 0.6 is 0 Å². The molecule has 0 aromatic carbocycles. The van der Waals surface area contributed by atoms with Crippen molar-refractivity contribution in [3.63, 3.8) is 0 Å². The summed E-state index contributed by atoms with van der Waals surface area (Å²) in [5.74, 6) is 1.16. The Kier molecular flexibility index (Phi) is 4.42. The number of pyridine rings is 1. The number of hydrogen-bond donors (Lipinski definition) is 1. The van der Waals surface area contributed by atoms with E-state index in [4.69, 9.17) is 9.72 Å². The molecule has 7 heteroatoms. The van der Waals surface area contributed by atoms with Crippen LogP contribution in [0.2, 0.25) is 0 Å². The number of ether oxygens (including phenoxy) is 1. The Morgan fingerprint density at radius 1 is 1.30 bits per heavy atom. The van der Waals surface area contributed by atoms with E-state index < -0.39 is 0 Å². The van der Waals surface area contributed by atoms with Crippen molar-refractivity contribution >= 4 is 10.9 Å². The normalized spacial score (nSPS) is 18.9. The van der Waals surface area contributed by atoms with Crippen molar-refractivity contribution in [2.75, 3.05) is 13.1 Å². The highest BCUT2D eigenvalue weighted by molar-refractivity contribution is 5.86. The van der Waals surface area contributed by atoms with Gasteiger partial charge in [-0.2, -0.15) is 10.2 Å². The summed E-state index contributed by atoms with van der Waals surface area (Å²) in [6.45, 7) is 10.6. The molecule has 0 spiro atoms. The number of nitrogens with one attached hydrogen (secondary N) is 1. The van der Waals surface area contributed by atoms with E-state index in [-0.39, 0.29) is 11.6 Å². The van der Waals surface area contributed by atoms with Crippen LogP contribution < -0.4 is 10.1 Å². The predicted octanol–water partition coefficient (Wildman–Crippen LogP) is 2.96. The average Bonchev–Trinajstić information content (AvgIpc) is 3.33. The van der Waals surface area contributed by atoms with Gasteiger partial charge >= 0.3 is 0 Å². The lowest BCUT2D eigenvalue weighted by Gasteiger charge is -2.20. The Labute approximate surface area is 159 Å². The van der Waals surface area contributed by atoms with Crippen LogP contribution in [0.4, 0.5) is 0 Å². The van der Waals surface area contributed by atoms with Gasteiger partial charge in [0.2, 0.25) is 5.88 Å². The molecule has 0 saturated carbocycles. The van der Waals surface area contributed by atoms with Gasteiger partial charge in [-0.1, -0.05) is 0 Å². The minimum atomic E-state index is -0.0728. The Morgan fingerprint density at radius 2 is 2.11 bits per heavy atom. The Morgan fingerprint density at radius 3 is 2.78 bits per heavy atom. The summed E-state index contributed by atoms with van der Waals surface area (Å²) in [5, 5.41) is 13.4. The molecule has 0 unspecified atom stereocenters. The summed E-state index contributed by atoms with van der Waals surface area (Å²) in [6.07, 6.45) is 7.10. The van der Waals surface area contributed by atoms with Gasteiger partial charge in [0.25, 0.3) is 0 Å². The fraction of sp³-hybridized carbons (Fsp3) is 0.550. The molecule has 144 valence electrons. The molecule has 0 amide bonds. The maximum Gasteiger partial charge on any atom is 0.225 e. The monoisotopic (exact) mass is 368 g/mol. The third kappa shape index (κ3) is 3.56. The van der Waals surface area contributed by atoms with Crippen molar-refractivity contribution in [1.29, 1.82) is 0 Å². The fourth-order valence-corrected chi connectivity index (χ4v) is 3.52. The molecule has 1 N–H and O–H groups in total. The van der Waals surface area contributed by atoms with Gasteiger partial charge in [0.15, 0.2) is 0 Å². The van der Waals surface area contributed by atoms with Crippen LogP contribution in [0.15, 0.2) is 24.7 Å². The maximum absolute atomic E-state index is 6.33. The second-order valence-corrected chi connectivity index (χ2v) is 8.47. The first-order valence-corrected chi connectivity index (χ1v) is 9.58. The summed E-state index contributed by atoms with van der Waals surface area (Å²) in [6, 6.07) is 2.01. The molecule has 0 bridgehead atoms. The Balaban J connectivity index is 1.72. The van der Waals surface area contributed by atoms with Gasteiger partial charge in [-0.3, -0.25) is 9.36 Å². The Bertz CT molecular complexity index is 945. The highest BCUT2D eigenvalue weighted by Gasteiger charge is 2.24. The third-order valence-electron chi connectivity index (χ3n) is 5.21. The summed E-state index contributed by atoms with van der Waals surface area (Å²) in [7, 11) is 1.92. The van der Waals surface area contributed by atoms with E-state index in [1.807, 2.05) is 41.1 Å². The molecule has 3 aromatic rings. The summed E-state index contributed by atoms with van der Waals surface area (Å²) in [4.78, 5) is 4.84. The van der Waals surface area contributed by atoms with Crippen molar-refractivity contribution in [2.24, 2.45) is 13.0 Å². The summed E-state index contributed by atoms with van der Waals surface area (Å²) >= 11 is 0. The van der Waals surface area contributed by atoms with E-state index in [2.05, 4.69) is 43.2 Å². The zero-order valence-electron chi connectivity index (χ0n) is 16.7. The predicted molar refractivity (Wildman–Crippen MR) is 106 cm³/mol. The summed E-state index contributed by atoms with van der Waals surface area (Å²) in [5.41, 5.74) is 2.62. The van der Waals surface area contributed by atoms with Crippen LogP contribution in [0.3, 0.4) is 0 Å². The lowest BCUT2D eigenvalue weighted by atomic mass is 10.0. The molecule has 0 aliphatic carbocycles. The number of nitrogens with zero attached hydrogens (tertiary/aromatic N) is 5. The van der Waals surface area contributed by atoms with Crippen LogP contribution in [0, 0.1) is 5.92 Å². The number of aryl methyl sites for hydroxylation is 1. The van der Waals surface area contributed by atoms with Gasteiger partial charge in [-0.15, -0.1) is 0 Å². The lowest BCUT2D eigenvalue weighted by molar-refractivity contribution is 0.157. The zero-order chi connectivity index (χ0) is 19.2. The van der Waals surface area contributed by atoms with Crippen LogP contribution in [-0.4, -0.2) is 43.7 Å². The van der Waals surface area contributed by atoms with E-state index in [9.17, 15) is 0 Å². The largest absolute Gasteiger partial charge is 0.474 e. The van der Waals surface area contributed by atoms with E-state index in [1.54, 1.807) is 0 Å². The van der Waals surface area contributed by atoms with Crippen molar-refractivity contribution in [3.05, 3.63) is 24.7 Å². The smallest absolute Gasteiger partial charge is 0.225 e. The molecule has 4 rings (SSSR count). The van der Waals surface area contributed by atoms with Gasteiger partial charge in [-0.25, -0.2) is 4.98 Å². The van der Waals surface area contributed by atoms with Gasteiger partial charge in [0.1, 0.15) is 6.10 Å². The van der Waals surface area contributed by atoms with E-state index in [1.165, 1.54) is 0 Å². The molecule has 1 aliphatic heterocycles. The van der Waals surface area contributed by atoms with Crippen LogP contribution in [0.25, 0.3) is 22.2 Å². The van der Waals surface area contributed by atoms with Gasteiger partial charge in [0, 0.05) is 37.5 Å². The molecular formula is C20H28N6O. The second kappa shape index (κ2) is 6.64. The first-order valence-electron chi connectivity index (χ1n) is 9.58. The van der Waals surface area contributed by atoms with Gasteiger partial charge < -0.3 is 10.1 Å². The molecule has 7 nitrogen and oxygen atoms in total. The molecule has 3 aromatic heterocycles. The van der Waals surface area contributed by atoms with E-state index >= 15 is 0 Å². The lowest BCUT2D eigenvalue weighted by Crippen LogP contribution is -2.26. The number of rotatable bonds is 4. The second-order valence-electron chi connectivity index (χ2n) is 8.47. The molecule has 0 radical (unpaired) electrons. The van der Waals surface area contributed by atoms with Crippen LogP contribution in [0.5, 0.6) is 5.88 Å². The van der Waals surface area contributed by atoms with Gasteiger partial charge in [0.05, 0.1) is 28.3 Å². The minimum absolute atomic E-state index is 0.0728. The molecule has 1 aliphatic rings. The van der Waals surface area contributed by atoms with Crippen LogP contribution in [0.1, 0.15) is 34.1 Å². The van der Waals surface area contributed by atoms with E-state index in [0.29, 0.717) is 11.8 Å². The van der Waals surface area contributed by atoms with Crippen molar-refractivity contribution < 1.29 is 4.74 Å². The highest BCUT2D eigenvalue weighted by Crippen LogP contribution is 2.31. The highest BCUT2D eigenvalue weighted by atomic mass is 16.5. The molecular weight excluding hydrogens is 340 g/mol.